The third-order valence-corrected chi connectivity index (χ3v) is 9.38. The van der Waals surface area contributed by atoms with E-state index < -0.39 is 5.67 Å². The van der Waals surface area contributed by atoms with Crippen LogP contribution in [0.3, 0.4) is 0 Å². The molecule has 3 aliphatic heterocycles. The number of rotatable bonds is 7. The fourth-order valence-electron chi connectivity index (χ4n) is 7.07. The number of ketones is 1. The van der Waals surface area contributed by atoms with Crippen LogP contribution >= 0.6 is 0 Å². The highest BCUT2D eigenvalue weighted by atomic mass is 19.1. The number of hydrogen-bond acceptors (Lipinski definition) is 10. The average Bonchev–Trinajstić information content (AvgIpc) is 3.46. The number of alkyl halides is 1. The third-order valence-electron chi connectivity index (χ3n) is 9.38. The number of aryl methyl sites for hydroxylation is 2. The van der Waals surface area contributed by atoms with E-state index in [0.717, 1.165) is 66.3 Å². The summed E-state index contributed by atoms with van der Waals surface area (Å²) in [7, 11) is 1.88. The first-order valence-corrected chi connectivity index (χ1v) is 15.7. The Bertz CT molecular complexity index is 2000. The van der Waals surface area contributed by atoms with Crippen molar-refractivity contribution in [2.24, 2.45) is 11.8 Å². The topological polar surface area (TPSA) is 114 Å². The first-order chi connectivity index (χ1) is 22.3. The van der Waals surface area contributed by atoms with Crippen molar-refractivity contribution in [2.75, 3.05) is 43.4 Å². The van der Waals surface area contributed by atoms with Crippen molar-refractivity contribution >= 4 is 39.8 Å². The number of ether oxygens (including phenoxy) is 1. The van der Waals surface area contributed by atoms with Crippen molar-refractivity contribution in [3.8, 4) is 11.5 Å². The number of fused-ring (bicyclic) bond motifs is 6. The molecule has 12 heteroatoms. The number of allylic oxidation sites excluding steroid dienone is 1. The van der Waals surface area contributed by atoms with E-state index in [4.69, 9.17) is 9.72 Å². The summed E-state index contributed by atoms with van der Waals surface area (Å²) in [5, 5.41) is 7.57. The quantitative estimate of drug-likeness (QED) is 0.248. The van der Waals surface area contributed by atoms with Crippen molar-refractivity contribution in [2.45, 2.75) is 31.9 Å². The minimum Gasteiger partial charge on any atom is -0.457 e. The molecule has 0 radical (unpaired) electrons. The molecule has 11 nitrogen and oxygen atoms in total. The highest BCUT2D eigenvalue weighted by Crippen LogP contribution is 2.39. The number of nitrogens with zero attached hydrogens (tertiary/aromatic N) is 8. The first kappa shape index (κ1) is 28.5. The Labute approximate surface area is 265 Å². The van der Waals surface area contributed by atoms with E-state index in [-0.39, 0.29) is 17.6 Å². The van der Waals surface area contributed by atoms with Crippen LogP contribution in [0.2, 0.25) is 0 Å². The molecule has 5 aromatic rings. The zero-order valence-electron chi connectivity index (χ0n) is 25.7. The highest BCUT2D eigenvalue weighted by molar-refractivity contribution is 5.93. The zero-order valence-corrected chi connectivity index (χ0v) is 25.7. The Morgan fingerprint density at radius 1 is 1.11 bits per heavy atom. The number of hydrogen-bond donors (Lipinski definition) is 1. The lowest BCUT2D eigenvalue weighted by Gasteiger charge is -2.40. The lowest BCUT2D eigenvalue weighted by atomic mass is 9.80. The predicted octanol–water partition coefficient (Wildman–Crippen LogP) is 5.08. The van der Waals surface area contributed by atoms with Crippen molar-refractivity contribution in [1.82, 2.24) is 34.4 Å². The lowest BCUT2D eigenvalue weighted by molar-refractivity contribution is -0.120. The standard InChI is InChI=1S/C34H34FN9O2/c1-21-13-24(5-6-29(21)46-25-8-12-44-30(15-25)37-20-39-44)40-32-31-27(36-19-38-32)14-22-3-4-23-16-43(33(22)41-31)11-9-26(23)28(45)7-10-34(35)17-42(2)18-34/h5-8,10,12-15,19-20,23,26H,3-4,9,11,16-18H2,1-2H3,(H,36,38,40)/b10-7+/t23-,26?/m1/s1. The van der Waals surface area contributed by atoms with E-state index in [2.05, 4.69) is 36.3 Å². The summed E-state index contributed by atoms with van der Waals surface area (Å²) < 4.78 is 22.5. The number of aromatic nitrogens is 6. The smallest absolute Gasteiger partial charge is 0.160 e. The Kier molecular flexibility index (Phi) is 6.89. The van der Waals surface area contributed by atoms with E-state index >= 15 is 0 Å². The molecule has 4 aromatic heterocycles. The molecule has 0 amide bonds. The number of anilines is 3. The van der Waals surface area contributed by atoms with E-state index in [9.17, 15) is 9.18 Å². The van der Waals surface area contributed by atoms with Crippen molar-refractivity contribution < 1.29 is 13.9 Å². The Hall–Kier alpha value is -4.97. The number of pyridine rings is 2. The molecule has 8 rings (SSSR count). The molecule has 2 bridgehead atoms. The molecule has 7 heterocycles. The fourth-order valence-corrected chi connectivity index (χ4v) is 7.07. The van der Waals surface area contributed by atoms with Gasteiger partial charge in [0.05, 0.1) is 5.52 Å². The van der Waals surface area contributed by atoms with Gasteiger partial charge in [0.2, 0.25) is 0 Å². The van der Waals surface area contributed by atoms with Gasteiger partial charge in [-0.3, -0.25) is 9.69 Å². The third kappa shape index (κ3) is 5.32. The normalized spacial score (nSPS) is 20.8. The van der Waals surface area contributed by atoms with Crippen LogP contribution in [-0.4, -0.2) is 79.1 Å². The molecule has 46 heavy (non-hydrogen) atoms. The maximum atomic E-state index is 14.7. The maximum Gasteiger partial charge on any atom is 0.160 e. The van der Waals surface area contributed by atoms with Crippen LogP contribution in [-0.2, 0) is 11.2 Å². The lowest BCUT2D eigenvalue weighted by Crippen LogP contribution is -2.55. The van der Waals surface area contributed by atoms with E-state index in [1.807, 2.05) is 55.4 Å². The molecule has 1 unspecified atom stereocenters. The van der Waals surface area contributed by atoms with E-state index in [1.54, 1.807) is 10.8 Å². The number of benzene rings is 1. The predicted molar refractivity (Wildman–Crippen MR) is 172 cm³/mol. The molecular formula is C34H34FN9O2. The second-order valence-corrected chi connectivity index (χ2v) is 12.8. The number of carbonyl (C=O) groups excluding carboxylic acids is 1. The second kappa shape index (κ2) is 11.1. The summed E-state index contributed by atoms with van der Waals surface area (Å²) in [6, 6.07) is 11.7. The number of nitrogens with one attached hydrogen (secondary N) is 1. The van der Waals surface area contributed by atoms with Crippen LogP contribution in [0.25, 0.3) is 16.7 Å². The molecule has 0 aliphatic carbocycles. The van der Waals surface area contributed by atoms with Crippen LogP contribution in [0.15, 0.2) is 67.4 Å². The van der Waals surface area contributed by atoms with Crippen LogP contribution in [0, 0.1) is 18.8 Å². The van der Waals surface area contributed by atoms with Crippen molar-refractivity contribution in [1.29, 1.82) is 0 Å². The molecule has 2 atom stereocenters. The number of halogens is 1. The molecule has 2 saturated heterocycles. The molecule has 0 saturated carbocycles. The van der Waals surface area contributed by atoms with Crippen molar-refractivity contribution in [3.05, 3.63) is 78.5 Å². The van der Waals surface area contributed by atoms with Gasteiger partial charge in [0, 0.05) is 50.0 Å². The molecule has 1 N–H and O–H groups in total. The van der Waals surface area contributed by atoms with Gasteiger partial charge in [0.1, 0.15) is 35.5 Å². The van der Waals surface area contributed by atoms with Crippen LogP contribution in [0.1, 0.15) is 24.0 Å². The summed E-state index contributed by atoms with van der Waals surface area (Å²) in [6.07, 6.45) is 10.3. The van der Waals surface area contributed by atoms with Gasteiger partial charge >= 0.3 is 0 Å². The number of likely N-dealkylation sites (tertiary alicyclic amines) is 1. The van der Waals surface area contributed by atoms with Gasteiger partial charge < -0.3 is 15.0 Å². The van der Waals surface area contributed by atoms with Gasteiger partial charge in [-0.25, -0.2) is 28.8 Å². The molecule has 234 valence electrons. The summed E-state index contributed by atoms with van der Waals surface area (Å²) >= 11 is 0. The zero-order chi connectivity index (χ0) is 31.4. The molecule has 2 fully saturated rings. The Balaban J connectivity index is 1.00. The second-order valence-electron chi connectivity index (χ2n) is 12.8. The van der Waals surface area contributed by atoms with Gasteiger partial charge in [0.15, 0.2) is 22.9 Å². The summed E-state index contributed by atoms with van der Waals surface area (Å²) in [5.41, 5.74) is 3.72. The average molecular weight is 620 g/mol. The van der Waals surface area contributed by atoms with Gasteiger partial charge in [-0.05, 0) is 92.8 Å². The van der Waals surface area contributed by atoms with Gasteiger partial charge in [-0.2, -0.15) is 5.10 Å². The Morgan fingerprint density at radius 2 is 2.00 bits per heavy atom. The van der Waals surface area contributed by atoms with E-state index in [1.165, 1.54) is 18.5 Å². The largest absolute Gasteiger partial charge is 0.457 e. The SMILES string of the molecule is Cc1cc(Nc2ncnc3cc4c(nc23)N2CCC(C(=O)/C=C/C3(F)CN(C)C3)[C@H](CC4)C2)ccc1Oc1ccn2ncnc2c1. The maximum absolute atomic E-state index is 14.7. The summed E-state index contributed by atoms with van der Waals surface area (Å²) in [6.45, 7) is 4.15. The van der Waals surface area contributed by atoms with E-state index in [0.29, 0.717) is 35.8 Å². The van der Waals surface area contributed by atoms with Gasteiger partial charge in [-0.15, -0.1) is 0 Å². The number of carbonyl (C=O) groups is 1. The molecule has 3 aliphatic rings. The summed E-state index contributed by atoms with van der Waals surface area (Å²) in [4.78, 5) is 35.8. The molecule has 0 spiro atoms. The monoisotopic (exact) mass is 619 g/mol. The Morgan fingerprint density at radius 3 is 2.85 bits per heavy atom. The first-order valence-electron chi connectivity index (χ1n) is 15.7. The van der Waals surface area contributed by atoms with Crippen LogP contribution in [0.4, 0.5) is 21.7 Å². The van der Waals surface area contributed by atoms with Crippen LogP contribution in [0.5, 0.6) is 11.5 Å². The van der Waals surface area contributed by atoms with Crippen molar-refractivity contribution in [3.63, 3.8) is 0 Å². The highest BCUT2D eigenvalue weighted by Gasteiger charge is 2.40. The van der Waals surface area contributed by atoms with Gasteiger partial charge in [0.25, 0.3) is 0 Å². The minimum atomic E-state index is -1.38. The minimum absolute atomic E-state index is 0.0424. The van der Waals surface area contributed by atoms with Crippen LogP contribution < -0.4 is 15.0 Å². The molecular weight excluding hydrogens is 585 g/mol. The fraction of sp³-hybridized carbons (Fsp3) is 0.353. The summed E-state index contributed by atoms with van der Waals surface area (Å²) in [5.74, 6) is 3.09. The van der Waals surface area contributed by atoms with Gasteiger partial charge in [-0.1, -0.05) is 0 Å². The molecule has 1 aromatic carbocycles. The number of piperidine rings is 1.